The first-order valence-electron chi connectivity index (χ1n) is 9.24. The van der Waals surface area contributed by atoms with Crippen LogP contribution in [0.1, 0.15) is 43.2 Å². The van der Waals surface area contributed by atoms with Gasteiger partial charge in [0.1, 0.15) is 0 Å². The van der Waals surface area contributed by atoms with Crippen LogP contribution in [0, 0.1) is 19.8 Å². The average Bonchev–Trinajstić information content (AvgIpc) is 2.63. The van der Waals surface area contributed by atoms with Crippen LogP contribution in [-0.2, 0) is 19.6 Å². The van der Waals surface area contributed by atoms with E-state index < -0.39 is 10.0 Å². The van der Waals surface area contributed by atoms with Crippen LogP contribution < -0.4 is 10.6 Å². The summed E-state index contributed by atoms with van der Waals surface area (Å²) in [6.07, 6.45) is 5.01. The van der Waals surface area contributed by atoms with Crippen molar-refractivity contribution in [2.24, 2.45) is 5.92 Å². The van der Waals surface area contributed by atoms with Crippen molar-refractivity contribution < 1.29 is 18.0 Å². The van der Waals surface area contributed by atoms with Crippen LogP contribution in [0.3, 0.4) is 0 Å². The number of hydrogen-bond acceptors (Lipinski definition) is 4. The van der Waals surface area contributed by atoms with E-state index in [1.165, 1.54) is 20.2 Å². The van der Waals surface area contributed by atoms with Crippen LogP contribution in [-0.4, -0.2) is 45.2 Å². The molecule has 2 amide bonds. The SMILES string of the molecule is Cc1cc(S(=O)(=O)N(C)C)cc(NC(=O)CNC(=O)C2CCCCC2)c1C. The van der Waals surface area contributed by atoms with E-state index in [4.69, 9.17) is 0 Å². The van der Waals surface area contributed by atoms with Crippen LogP contribution in [0.15, 0.2) is 17.0 Å². The number of amides is 2. The van der Waals surface area contributed by atoms with E-state index in [0.29, 0.717) is 5.69 Å². The number of nitrogens with zero attached hydrogens (tertiary/aromatic N) is 1. The molecule has 0 radical (unpaired) electrons. The summed E-state index contributed by atoms with van der Waals surface area (Å²) in [4.78, 5) is 24.6. The summed E-state index contributed by atoms with van der Waals surface area (Å²) in [7, 11) is -0.679. The minimum Gasteiger partial charge on any atom is -0.347 e. The third-order valence-electron chi connectivity index (χ3n) is 5.09. The zero-order valence-electron chi connectivity index (χ0n) is 16.5. The van der Waals surface area contributed by atoms with Crippen molar-refractivity contribution in [3.05, 3.63) is 23.3 Å². The molecule has 0 unspecified atom stereocenters. The molecule has 1 aromatic carbocycles. The quantitative estimate of drug-likeness (QED) is 0.772. The Morgan fingerprint density at radius 1 is 1.11 bits per heavy atom. The molecule has 1 saturated carbocycles. The lowest BCUT2D eigenvalue weighted by Crippen LogP contribution is -2.37. The number of anilines is 1. The fraction of sp³-hybridized carbons (Fsp3) is 0.579. The van der Waals surface area contributed by atoms with Gasteiger partial charge in [-0.25, -0.2) is 12.7 Å². The highest BCUT2D eigenvalue weighted by atomic mass is 32.2. The summed E-state index contributed by atoms with van der Waals surface area (Å²) in [5.41, 5.74) is 1.99. The third kappa shape index (κ3) is 5.29. The number of carbonyl (C=O) groups is 2. The monoisotopic (exact) mass is 395 g/mol. The molecule has 0 heterocycles. The molecule has 150 valence electrons. The molecule has 0 aromatic heterocycles. The highest BCUT2D eigenvalue weighted by Gasteiger charge is 2.22. The average molecular weight is 396 g/mol. The van der Waals surface area contributed by atoms with Gasteiger partial charge in [-0.15, -0.1) is 0 Å². The van der Waals surface area contributed by atoms with Crippen molar-refractivity contribution >= 4 is 27.5 Å². The second-order valence-corrected chi connectivity index (χ2v) is 9.45. The molecular weight excluding hydrogens is 366 g/mol. The zero-order valence-corrected chi connectivity index (χ0v) is 17.3. The van der Waals surface area contributed by atoms with Crippen LogP contribution >= 0.6 is 0 Å². The Balaban J connectivity index is 2.06. The first-order valence-corrected chi connectivity index (χ1v) is 10.7. The largest absolute Gasteiger partial charge is 0.347 e. The van der Waals surface area contributed by atoms with E-state index >= 15 is 0 Å². The van der Waals surface area contributed by atoms with Gasteiger partial charge >= 0.3 is 0 Å². The minimum atomic E-state index is -3.60. The zero-order chi connectivity index (χ0) is 20.2. The third-order valence-corrected chi connectivity index (χ3v) is 6.89. The number of sulfonamides is 1. The molecule has 1 aromatic rings. The van der Waals surface area contributed by atoms with Gasteiger partial charge in [0.25, 0.3) is 0 Å². The van der Waals surface area contributed by atoms with Crippen molar-refractivity contribution in [1.82, 2.24) is 9.62 Å². The van der Waals surface area contributed by atoms with Crippen LogP contribution in [0.2, 0.25) is 0 Å². The summed E-state index contributed by atoms with van der Waals surface area (Å²) in [6, 6.07) is 3.05. The Bertz CT molecular complexity index is 812. The van der Waals surface area contributed by atoms with Gasteiger partial charge in [0.15, 0.2) is 0 Å². The molecule has 2 N–H and O–H groups in total. The number of carbonyl (C=O) groups excluding carboxylic acids is 2. The fourth-order valence-corrected chi connectivity index (χ4v) is 4.20. The number of hydrogen-bond donors (Lipinski definition) is 2. The van der Waals surface area contributed by atoms with E-state index in [0.717, 1.165) is 47.5 Å². The first kappa shape index (κ1) is 21.4. The van der Waals surface area contributed by atoms with Crippen LogP contribution in [0.5, 0.6) is 0 Å². The molecule has 0 atom stereocenters. The lowest BCUT2D eigenvalue weighted by atomic mass is 9.89. The van der Waals surface area contributed by atoms with E-state index in [9.17, 15) is 18.0 Å². The molecule has 1 aliphatic carbocycles. The molecule has 2 rings (SSSR count). The topological polar surface area (TPSA) is 95.6 Å². The summed E-state index contributed by atoms with van der Waals surface area (Å²) in [5, 5.41) is 5.42. The molecule has 8 heteroatoms. The van der Waals surface area contributed by atoms with Crippen molar-refractivity contribution in [3.63, 3.8) is 0 Å². The smallest absolute Gasteiger partial charge is 0.243 e. The number of rotatable bonds is 6. The van der Waals surface area contributed by atoms with Gasteiger partial charge in [0.2, 0.25) is 21.8 Å². The number of aryl methyl sites for hydroxylation is 1. The van der Waals surface area contributed by atoms with E-state index in [1.807, 2.05) is 6.92 Å². The molecular formula is C19H29N3O4S. The normalized spacial score (nSPS) is 15.6. The maximum atomic E-state index is 12.4. The van der Waals surface area contributed by atoms with Crippen molar-refractivity contribution in [3.8, 4) is 0 Å². The summed E-state index contributed by atoms with van der Waals surface area (Å²) in [5.74, 6) is -0.466. The molecule has 1 aliphatic rings. The lowest BCUT2D eigenvalue weighted by molar-refractivity contribution is -0.128. The fourth-order valence-electron chi connectivity index (χ4n) is 3.19. The second-order valence-electron chi connectivity index (χ2n) is 7.30. The van der Waals surface area contributed by atoms with E-state index in [1.54, 1.807) is 13.0 Å². The van der Waals surface area contributed by atoms with Crippen LogP contribution in [0.4, 0.5) is 5.69 Å². The predicted molar refractivity (Wildman–Crippen MR) is 105 cm³/mol. The molecule has 0 aliphatic heterocycles. The maximum absolute atomic E-state index is 12.4. The molecule has 0 spiro atoms. The Hall–Kier alpha value is -1.93. The molecule has 0 bridgehead atoms. The van der Waals surface area contributed by atoms with Gasteiger partial charge in [-0.1, -0.05) is 19.3 Å². The Labute approximate surface area is 161 Å². The Kier molecular flexibility index (Phi) is 7.00. The Morgan fingerprint density at radius 2 is 1.74 bits per heavy atom. The van der Waals surface area contributed by atoms with Crippen molar-refractivity contribution in [2.45, 2.75) is 50.8 Å². The van der Waals surface area contributed by atoms with Crippen molar-refractivity contribution in [2.75, 3.05) is 26.0 Å². The van der Waals surface area contributed by atoms with Crippen molar-refractivity contribution in [1.29, 1.82) is 0 Å². The number of nitrogens with one attached hydrogen (secondary N) is 2. The molecule has 0 saturated heterocycles. The summed E-state index contributed by atoms with van der Waals surface area (Å²) >= 11 is 0. The van der Waals surface area contributed by atoms with Gasteiger partial charge in [0, 0.05) is 25.7 Å². The lowest BCUT2D eigenvalue weighted by Gasteiger charge is -2.20. The molecule has 27 heavy (non-hydrogen) atoms. The van der Waals surface area contributed by atoms with E-state index in [2.05, 4.69) is 10.6 Å². The summed E-state index contributed by atoms with van der Waals surface area (Å²) in [6.45, 7) is 3.49. The van der Waals surface area contributed by atoms with Gasteiger partial charge < -0.3 is 10.6 Å². The van der Waals surface area contributed by atoms with Gasteiger partial charge in [0.05, 0.1) is 11.4 Å². The minimum absolute atomic E-state index is 0.0101. The van der Waals surface area contributed by atoms with E-state index in [-0.39, 0.29) is 29.2 Å². The Morgan fingerprint density at radius 3 is 2.33 bits per heavy atom. The van der Waals surface area contributed by atoms with Gasteiger partial charge in [-0.05, 0) is 49.9 Å². The second kappa shape index (κ2) is 8.84. The molecule has 1 fully saturated rings. The predicted octanol–water partition coefficient (Wildman–Crippen LogP) is 2.19. The summed E-state index contributed by atoms with van der Waals surface area (Å²) < 4.78 is 25.9. The maximum Gasteiger partial charge on any atom is 0.243 e. The standard InChI is InChI=1S/C19H29N3O4S/c1-13-10-16(27(25,26)22(3)4)11-17(14(13)2)21-18(23)12-20-19(24)15-8-6-5-7-9-15/h10-11,15H,5-9,12H2,1-4H3,(H,20,24)(H,21,23). The number of benzene rings is 1. The highest BCUT2D eigenvalue weighted by Crippen LogP contribution is 2.26. The first-order chi connectivity index (χ1) is 12.6. The highest BCUT2D eigenvalue weighted by molar-refractivity contribution is 7.89. The van der Waals surface area contributed by atoms with Gasteiger partial charge in [-0.3, -0.25) is 9.59 Å². The molecule has 7 nitrogen and oxygen atoms in total. The van der Waals surface area contributed by atoms with Gasteiger partial charge in [-0.2, -0.15) is 0 Å². The van der Waals surface area contributed by atoms with Crippen LogP contribution in [0.25, 0.3) is 0 Å².